The third-order valence-corrected chi connectivity index (χ3v) is 15.3. The van der Waals surface area contributed by atoms with Crippen molar-refractivity contribution in [1.29, 1.82) is 0 Å². The van der Waals surface area contributed by atoms with Crippen molar-refractivity contribution in [3.8, 4) is 0 Å². The van der Waals surface area contributed by atoms with Gasteiger partial charge in [0.1, 0.15) is 60.4 Å². The Bertz CT molecular complexity index is 2920. The number of carbonyl (C=O) groups excluding carboxylic acids is 11. The molecule has 11 amide bonds. The van der Waals surface area contributed by atoms with Crippen molar-refractivity contribution < 1.29 is 67.7 Å². The van der Waals surface area contributed by atoms with Gasteiger partial charge in [0, 0.05) is 49.5 Å². The fraction of sp³-hybridized carbons (Fsp3) is 0.552. The average molecular weight is 1180 g/mol. The summed E-state index contributed by atoms with van der Waals surface area (Å²) in [5, 5.41) is 42.2. The van der Waals surface area contributed by atoms with Gasteiger partial charge in [-0.05, 0) is 101 Å². The number of rotatable bonds is 16. The predicted octanol–water partition coefficient (Wildman–Crippen LogP) is -1.86. The van der Waals surface area contributed by atoms with Crippen molar-refractivity contribution >= 4 is 81.9 Å². The van der Waals surface area contributed by atoms with E-state index in [0.717, 1.165) is 0 Å². The van der Waals surface area contributed by atoms with Gasteiger partial charge in [-0.1, -0.05) is 62.4 Å². The zero-order chi connectivity index (χ0) is 62.1. The zero-order valence-corrected chi connectivity index (χ0v) is 48.4. The summed E-state index contributed by atoms with van der Waals surface area (Å²) in [6, 6.07) is 1.34. The van der Waals surface area contributed by atoms with Crippen LogP contribution in [0.5, 0.6) is 0 Å². The normalized spacial score (nSPS) is 26.2. The maximum absolute atomic E-state index is 14.7. The van der Waals surface area contributed by atoms with Crippen molar-refractivity contribution in [3.63, 3.8) is 0 Å². The smallest absolute Gasteiger partial charge is 0.303 e. The summed E-state index contributed by atoms with van der Waals surface area (Å²) < 4.78 is 0. The molecule has 2 aromatic carbocycles. The molecule has 0 unspecified atom stereocenters. The molecule has 3 fully saturated rings. The van der Waals surface area contributed by atoms with Gasteiger partial charge in [0.25, 0.3) is 0 Å². The summed E-state index contributed by atoms with van der Waals surface area (Å²) in [4.78, 5) is 174. The van der Waals surface area contributed by atoms with E-state index in [2.05, 4.69) is 47.5 Å². The van der Waals surface area contributed by atoms with E-state index in [1.54, 1.807) is 54.7 Å². The molecule has 0 spiro atoms. The first-order valence-electron chi connectivity index (χ1n) is 29.0. The molecule has 462 valence electrons. The van der Waals surface area contributed by atoms with E-state index in [-0.39, 0.29) is 70.5 Å². The van der Waals surface area contributed by atoms with E-state index in [4.69, 9.17) is 11.5 Å². The standard InChI is InChI=1S/C58H81N13O14/c1-31(2)26-40-53(80)67-42(28-35-30-61-37-17-9-8-16-36(35)37)52(79)62-32(3)49(76)65-43(29-46(60)73)55(82)63-38(18-10-11-23-59)50(77)64-39(21-22-47(74)75)51(78)69-48(33(4)72)58(85)71-25-13-20-45(71)57(84)70-24-12-19-44(70)56(83)68-41(54(81)66-40)27-34-14-6-5-7-15-34/h5-9,14-17,30-33,38-45,48,61,72H,10-13,18-29,59H2,1-4H3,(H2,60,73)(H,62,79)(H,63,82)(H,64,77)(H,65,76)(H,66,81)(H,67,80)(H,68,83)(H,69,78)(H,74,75)/t32-,33+,38-,39-,40-,41-,42-,43-,44-,45+,48-/m0/s1. The molecule has 0 radical (unpaired) electrons. The van der Waals surface area contributed by atoms with Crippen LogP contribution in [0.4, 0.5) is 0 Å². The number of carbonyl (C=O) groups is 12. The monoisotopic (exact) mass is 1180 g/mol. The number of nitrogens with zero attached hydrogens (tertiary/aromatic N) is 2. The van der Waals surface area contributed by atoms with Crippen LogP contribution in [-0.2, 0) is 70.4 Å². The van der Waals surface area contributed by atoms with E-state index >= 15 is 0 Å². The number of unbranched alkanes of at least 4 members (excludes halogenated alkanes) is 1. The molecular weight excluding hydrogens is 1100 g/mol. The molecule has 3 aliphatic heterocycles. The molecule has 3 aromatic rings. The molecule has 3 aliphatic rings. The van der Waals surface area contributed by atoms with Crippen LogP contribution in [0.2, 0.25) is 0 Å². The molecular formula is C58H81N13O14. The lowest BCUT2D eigenvalue weighted by atomic mass is 9.99. The van der Waals surface area contributed by atoms with Crippen LogP contribution in [0, 0.1) is 5.92 Å². The van der Waals surface area contributed by atoms with Gasteiger partial charge in [-0.25, -0.2) is 0 Å². The minimum atomic E-state index is -1.77. The van der Waals surface area contributed by atoms with Crippen molar-refractivity contribution in [2.24, 2.45) is 17.4 Å². The number of aliphatic carboxylic acids is 1. The van der Waals surface area contributed by atoms with Gasteiger partial charge in [-0.3, -0.25) is 57.5 Å². The van der Waals surface area contributed by atoms with Crippen LogP contribution in [0.3, 0.4) is 0 Å². The molecule has 0 aliphatic carbocycles. The summed E-state index contributed by atoms with van der Waals surface area (Å²) in [6.45, 7) is 6.36. The first-order chi connectivity index (χ1) is 40.4. The van der Waals surface area contributed by atoms with E-state index in [0.29, 0.717) is 41.3 Å². The second-order valence-corrected chi connectivity index (χ2v) is 22.5. The fourth-order valence-corrected chi connectivity index (χ4v) is 10.8. The van der Waals surface area contributed by atoms with Gasteiger partial charge >= 0.3 is 5.97 Å². The maximum Gasteiger partial charge on any atom is 0.303 e. The third kappa shape index (κ3) is 18.3. The first-order valence-corrected chi connectivity index (χ1v) is 29.0. The largest absolute Gasteiger partial charge is 0.481 e. The Morgan fingerprint density at radius 2 is 1.13 bits per heavy atom. The minimum Gasteiger partial charge on any atom is -0.481 e. The number of aliphatic hydroxyl groups excluding tert-OH is 1. The second-order valence-electron chi connectivity index (χ2n) is 22.5. The van der Waals surface area contributed by atoms with Crippen molar-refractivity contribution in [2.45, 2.75) is 178 Å². The topological polar surface area (TPSA) is 416 Å². The maximum atomic E-state index is 14.7. The van der Waals surface area contributed by atoms with Gasteiger partial charge in [0.15, 0.2) is 0 Å². The molecule has 15 N–H and O–H groups in total. The summed E-state index contributed by atoms with van der Waals surface area (Å²) in [7, 11) is 0. The second kappa shape index (κ2) is 30.9. The van der Waals surface area contributed by atoms with E-state index in [1.807, 2.05) is 19.9 Å². The average Bonchev–Trinajstić information content (AvgIpc) is 4.05. The SMILES string of the molecule is CC(C)C[C@@H]1NC(=O)[C@H](Cc2ccccc2)NC(=O)[C@@H]2CCCN2C(=O)[C@H]2CCCN2C(=O)[C@H]([C@@H](C)O)NC(=O)[C@H](CCC(=O)O)NC(=O)[C@H](CCCCN)NC(=O)[C@H](CC(N)=O)NC(=O)[C@H](C)NC(=O)[C@H](Cc2c[nH]c3ccccc23)NC1=O. The highest BCUT2D eigenvalue weighted by Gasteiger charge is 2.46. The molecule has 4 heterocycles. The van der Waals surface area contributed by atoms with E-state index < -0.39 is 157 Å². The number of primary amides is 1. The molecule has 27 heteroatoms. The van der Waals surface area contributed by atoms with Crippen LogP contribution in [0.15, 0.2) is 60.8 Å². The Kier molecular flexibility index (Phi) is 23.9. The highest BCUT2D eigenvalue weighted by atomic mass is 16.4. The van der Waals surface area contributed by atoms with Gasteiger partial charge < -0.3 is 79.0 Å². The number of carboxylic acid groups (broad SMARTS) is 1. The Hall–Kier alpha value is -8.46. The van der Waals surface area contributed by atoms with Crippen LogP contribution < -0.4 is 54.0 Å². The van der Waals surface area contributed by atoms with Crippen molar-refractivity contribution in [3.05, 3.63) is 71.9 Å². The molecule has 3 saturated heterocycles. The van der Waals surface area contributed by atoms with Crippen LogP contribution in [0.25, 0.3) is 10.9 Å². The number of amides is 11. The summed E-state index contributed by atoms with van der Waals surface area (Å²) in [5.74, 6) is -11.5. The van der Waals surface area contributed by atoms with Gasteiger partial charge in [0.05, 0.1) is 12.5 Å². The van der Waals surface area contributed by atoms with Crippen LogP contribution in [-0.4, -0.2) is 182 Å². The highest BCUT2D eigenvalue weighted by Crippen LogP contribution is 2.27. The zero-order valence-electron chi connectivity index (χ0n) is 48.4. The number of aromatic amines is 1. The molecule has 85 heavy (non-hydrogen) atoms. The minimum absolute atomic E-state index is 0.00259. The number of fused-ring (bicyclic) bond motifs is 3. The molecule has 27 nitrogen and oxygen atoms in total. The lowest BCUT2D eigenvalue weighted by Crippen LogP contribution is -2.62. The lowest BCUT2D eigenvalue weighted by Gasteiger charge is -2.34. The first kappa shape index (κ1) is 65.7. The van der Waals surface area contributed by atoms with Crippen molar-refractivity contribution in [1.82, 2.24) is 57.3 Å². The summed E-state index contributed by atoms with van der Waals surface area (Å²) in [6.07, 6.45) is -0.753. The quantitative estimate of drug-likeness (QED) is 0.0700. The summed E-state index contributed by atoms with van der Waals surface area (Å²) in [5.41, 5.74) is 13.2. The number of aliphatic hydroxyl groups is 1. The number of H-pyrrole nitrogens is 1. The van der Waals surface area contributed by atoms with Crippen LogP contribution >= 0.6 is 0 Å². The Morgan fingerprint density at radius 1 is 0.600 bits per heavy atom. The van der Waals surface area contributed by atoms with Gasteiger partial charge in [-0.2, -0.15) is 0 Å². The van der Waals surface area contributed by atoms with E-state index in [1.165, 1.54) is 23.6 Å². The number of aromatic nitrogens is 1. The number of nitrogens with two attached hydrogens (primary N) is 2. The molecule has 0 saturated carbocycles. The molecule has 0 bridgehead atoms. The third-order valence-electron chi connectivity index (χ3n) is 15.3. The Balaban J connectivity index is 1.40. The molecule has 6 rings (SSSR count). The lowest BCUT2D eigenvalue weighted by molar-refractivity contribution is -0.149. The number of nitrogens with one attached hydrogen (secondary N) is 9. The predicted molar refractivity (Wildman–Crippen MR) is 307 cm³/mol. The number of hydrogen-bond acceptors (Lipinski definition) is 14. The molecule has 1 aromatic heterocycles. The Morgan fingerprint density at radius 3 is 1.78 bits per heavy atom. The Labute approximate surface area is 492 Å². The number of carboxylic acids is 1. The van der Waals surface area contributed by atoms with Gasteiger partial charge in [-0.15, -0.1) is 0 Å². The number of benzene rings is 2. The molecule has 11 atom stereocenters. The number of hydrogen-bond donors (Lipinski definition) is 13. The number of para-hydroxylation sites is 1. The summed E-state index contributed by atoms with van der Waals surface area (Å²) >= 11 is 0. The van der Waals surface area contributed by atoms with E-state index in [9.17, 15) is 67.7 Å². The fourth-order valence-electron chi connectivity index (χ4n) is 10.8. The van der Waals surface area contributed by atoms with Crippen LogP contribution in [0.1, 0.15) is 109 Å². The highest BCUT2D eigenvalue weighted by molar-refractivity contribution is 6.01. The van der Waals surface area contributed by atoms with Gasteiger partial charge in [0.2, 0.25) is 65.0 Å². The van der Waals surface area contributed by atoms with Crippen molar-refractivity contribution in [2.75, 3.05) is 19.6 Å².